The summed E-state index contributed by atoms with van der Waals surface area (Å²) in [6.45, 7) is 0.559. The number of sulfonamides is 1. The van der Waals surface area contributed by atoms with Crippen molar-refractivity contribution in [3.05, 3.63) is 33.8 Å². The molecule has 0 spiro atoms. The molecular formula is C16H24Cl2N2O2S. The van der Waals surface area contributed by atoms with Crippen LogP contribution in [-0.2, 0) is 10.0 Å². The van der Waals surface area contributed by atoms with Gasteiger partial charge in [-0.25, -0.2) is 13.1 Å². The molecule has 0 heterocycles. The van der Waals surface area contributed by atoms with Crippen LogP contribution >= 0.6 is 23.2 Å². The predicted octanol–water partition coefficient (Wildman–Crippen LogP) is 3.85. The standard InChI is InChI=1S/C16H24Cl2N2O2S/c1-20(2)11-16(12-8-9-14(17)15(18)10-12)19-23(21,22)13-6-4-3-5-7-13/h8-10,13,16,19H,3-7,11H2,1-2H3. The van der Waals surface area contributed by atoms with Crippen LogP contribution in [-0.4, -0.2) is 39.2 Å². The molecule has 7 heteroatoms. The number of hydrogen-bond donors (Lipinski definition) is 1. The number of likely N-dealkylation sites (N-methyl/N-ethyl adjacent to an activating group) is 1. The molecule has 130 valence electrons. The van der Waals surface area contributed by atoms with Gasteiger partial charge in [-0.2, -0.15) is 0 Å². The van der Waals surface area contributed by atoms with Gasteiger partial charge in [0.1, 0.15) is 0 Å². The van der Waals surface area contributed by atoms with Gasteiger partial charge in [-0.3, -0.25) is 0 Å². The molecule has 1 N–H and O–H groups in total. The number of benzene rings is 1. The number of halogens is 2. The second-order valence-electron chi connectivity index (χ2n) is 6.41. The van der Waals surface area contributed by atoms with E-state index in [9.17, 15) is 8.42 Å². The molecule has 2 rings (SSSR count). The van der Waals surface area contributed by atoms with Crippen molar-refractivity contribution in [2.45, 2.75) is 43.4 Å². The zero-order chi connectivity index (χ0) is 17.0. The summed E-state index contributed by atoms with van der Waals surface area (Å²) in [5.41, 5.74) is 0.826. The van der Waals surface area contributed by atoms with Gasteiger partial charge in [-0.15, -0.1) is 0 Å². The molecule has 0 saturated heterocycles. The maximum absolute atomic E-state index is 12.7. The lowest BCUT2D eigenvalue weighted by Crippen LogP contribution is -2.41. The largest absolute Gasteiger partial charge is 0.307 e. The van der Waals surface area contributed by atoms with Crippen LogP contribution in [0.3, 0.4) is 0 Å². The van der Waals surface area contributed by atoms with Gasteiger partial charge < -0.3 is 4.90 Å². The summed E-state index contributed by atoms with van der Waals surface area (Å²) < 4.78 is 28.3. The lowest BCUT2D eigenvalue weighted by Gasteiger charge is -2.27. The Morgan fingerprint density at radius 1 is 1.17 bits per heavy atom. The fraction of sp³-hybridized carbons (Fsp3) is 0.625. The summed E-state index contributed by atoms with van der Waals surface area (Å²) >= 11 is 12.1. The van der Waals surface area contributed by atoms with Crippen molar-refractivity contribution >= 4 is 33.2 Å². The van der Waals surface area contributed by atoms with Gasteiger partial charge in [0.05, 0.1) is 21.3 Å². The smallest absolute Gasteiger partial charge is 0.215 e. The molecule has 0 radical (unpaired) electrons. The van der Waals surface area contributed by atoms with E-state index in [0.29, 0.717) is 16.6 Å². The van der Waals surface area contributed by atoms with E-state index in [1.807, 2.05) is 25.1 Å². The molecule has 1 atom stereocenters. The first kappa shape index (κ1) is 19.0. The molecule has 0 aliphatic heterocycles. The second-order valence-corrected chi connectivity index (χ2v) is 9.22. The Hall–Kier alpha value is -0.330. The lowest BCUT2D eigenvalue weighted by atomic mass is 10.0. The van der Waals surface area contributed by atoms with Crippen LogP contribution < -0.4 is 4.72 Å². The third-order valence-electron chi connectivity index (χ3n) is 4.19. The van der Waals surface area contributed by atoms with E-state index >= 15 is 0 Å². The van der Waals surface area contributed by atoms with Gasteiger partial charge in [-0.1, -0.05) is 48.5 Å². The molecule has 1 aromatic rings. The Balaban J connectivity index is 2.22. The van der Waals surface area contributed by atoms with E-state index in [0.717, 1.165) is 37.7 Å². The predicted molar refractivity (Wildman–Crippen MR) is 96.7 cm³/mol. The monoisotopic (exact) mass is 378 g/mol. The number of rotatable bonds is 6. The fourth-order valence-corrected chi connectivity index (χ4v) is 5.04. The summed E-state index contributed by atoms with van der Waals surface area (Å²) in [7, 11) is 0.480. The SMILES string of the molecule is CN(C)CC(NS(=O)(=O)C1CCCCC1)c1ccc(Cl)c(Cl)c1. The highest BCUT2D eigenvalue weighted by atomic mass is 35.5. The van der Waals surface area contributed by atoms with Crippen LogP contribution in [0.25, 0.3) is 0 Å². The van der Waals surface area contributed by atoms with E-state index in [1.165, 1.54) is 0 Å². The highest BCUT2D eigenvalue weighted by molar-refractivity contribution is 7.90. The fourth-order valence-electron chi connectivity index (χ4n) is 2.97. The first-order valence-electron chi connectivity index (χ1n) is 7.90. The van der Waals surface area contributed by atoms with Gasteiger partial charge in [0.2, 0.25) is 10.0 Å². The molecule has 1 aromatic carbocycles. The van der Waals surface area contributed by atoms with Crippen molar-refractivity contribution in [1.82, 2.24) is 9.62 Å². The summed E-state index contributed by atoms with van der Waals surface area (Å²) in [6.07, 6.45) is 4.57. The molecule has 0 amide bonds. The average Bonchev–Trinajstić information content (AvgIpc) is 2.49. The molecule has 1 saturated carbocycles. The van der Waals surface area contributed by atoms with E-state index < -0.39 is 10.0 Å². The minimum atomic E-state index is -3.35. The molecule has 0 aromatic heterocycles. The molecular weight excluding hydrogens is 355 g/mol. The van der Waals surface area contributed by atoms with Gasteiger partial charge in [0.15, 0.2) is 0 Å². The third kappa shape index (κ3) is 5.33. The van der Waals surface area contributed by atoms with E-state index in [1.54, 1.807) is 12.1 Å². The summed E-state index contributed by atoms with van der Waals surface area (Å²) in [4.78, 5) is 1.95. The molecule has 1 unspecified atom stereocenters. The molecule has 1 aliphatic rings. The van der Waals surface area contributed by atoms with Crippen LogP contribution in [0.1, 0.15) is 43.7 Å². The number of nitrogens with one attached hydrogen (secondary N) is 1. The Labute approximate surface area is 149 Å². The van der Waals surface area contributed by atoms with Crippen molar-refractivity contribution in [3.63, 3.8) is 0 Å². The number of nitrogens with zero attached hydrogens (tertiary/aromatic N) is 1. The second kappa shape index (κ2) is 8.17. The van der Waals surface area contributed by atoms with Crippen LogP contribution in [0.15, 0.2) is 18.2 Å². The summed E-state index contributed by atoms with van der Waals surface area (Å²) in [5, 5.41) is 0.614. The molecule has 23 heavy (non-hydrogen) atoms. The molecule has 4 nitrogen and oxygen atoms in total. The minimum absolute atomic E-state index is 0.288. The van der Waals surface area contributed by atoms with Crippen LogP contribution in [0, 0.1) is 0 Å². The zero-order valence-electron chi connectivity index (χ0n) is 13.6. The summed E-state index contributed by atoms with van der Waals surface area (Å²) in [6, 6.07) is 4.93. The first-order chi connectivity index (χ1) is 10.8. The van der Waals surface area contributed by atoms with Crippen LogP contribution in [0.2, 0.25) is 10.0 Å². The Kier molecular flexibility index (Phi) is 6.75. The first-order valence-corrected chi connectivity index (χ1v) is 10.2. The Morgan fingerprint density at radius 2 is 1.83 bits per heavy atom. The Morgan fingerprint density at radius 3 is 2.39 bits per heavy atom. The van der Waals surface area contributed by atoms with Crippen molar-refractivity contribution in [3.8, 4) is 0 Å². The van der Waals surface area contributed by atoms with Crippen molar-refractivity contribution in [2.75, 3.05) is 20.6 Å². The quantitative estimate of drug-likeness (QED) is 0.817. The van der Waals surface area contributed by atoms with Crippen molar-refractivity contribution in [1.29, 1.82) is 0 Å². The van der Waals surface area contributed by atoms with E-state index in [4.69, 9.17) is 23.2 Å². The van der Waals surface area contributed by atoms with Crippen molar-refractivity contribution in [2.24, 2.45) is 0 Å². The highest BCUT2D eigenvalue weighted by Crippen LogP contribution is 2.28. The van der Waals surface area contributed by atoms with Gasteiger partial charge in [-0.05, 0) is 44.6 Å². The molecule has 0 bridgehead atoms. The topological polar surface area (TPSA) is 49.4 Å². The van der Waals surface area contributed by atoms with Crippen LogP contribution in [0.5, 0.6) is 0 Å². The average molecular weight is 379 g/mol. The number of hydrogen-bond acceptors (Lipinski definition) is 3. The maximum atomic E-state index is 12.7. The van der Waals surface area contributed by atoms with E-state index in [2.05, 4.69) is 4.72 Å². The molecule has 1 fully saturated rings. The maximum Gasteiger partial charge on any atom is 0.215 e. The van der Waals surface area contributed by atoms with Gasteiger partial charge in [0.25, 0.3) is 0 Å². The highest BCUT2D eigenvalue weighted by Gasteiger charge is 2.30. The zero-order valence-corrected chi connectivity index (χ0v) is 15.9. The lowest BCUT2D eigenvalue weighted by molar-refractivity contribution is 0.361. The van der Waals surface area contributed by atoms with Crippen LogP contribution in [0.4, 0.5) is 0 Å². The van der Waals surface area contributed by atoms with Crippen molar-refractivity contribution < 1.29 is 8.42 Å². The molecule has 1 aliphatic carbocycles. The normalized spacial score (nSPS) is 18.3. The Bertz CT molecular complexity index is 629. The summed E-state index contributed by atoms with van der Waals surface area (Å²) in [5.74, 6) is 0. The van der Waals surface area contributed by atoms with Gasteiger partial charge >= 0.3 is 0 Å². The van der Waals surface area contributed by atoms with Gasteiger partial charge in [0, 0.05) is 6.54 Å². The third-order valence-corrected chi connectivity index (χ3v) is 6.89. The van der Waals surface area contributed by atoms with E-state index in [-0.39, 0.29) is 11.3 Å². The minimum Gasteiger partial charge on any atom is -0.307 e.